The molecule has 3 amide bonds. The maximum absolute atomic E-state index is 13.7. The Morgan fingerprint density at radius 1 is 0.873 bits per heavy atom. The number of fused-ring (bicyclic) bond motifs is 1. The Bertz CT molecular complexity index is 2370. The molecule has 63 heavy (non-hydrogen) atoms. The third-order valence-corrected chi connectivity index (χ3v) is 13.3. The molecule has 8 rings (SSSR count). The zero-order chi connectivity index (χ0) is 43.9. The number of carbonyl (C=O) groups excluding carboxylic acids is 4. The minimum Gasteiger partial charge on any atom is -0.457 e. The van der Waals surface area contributed by atoms with Crippen LogP contribution in [0.1, 0.15) is 73.3 Å². The number of ether oxygens (including phenoxy) is 1. The molecule has 0 radical (unpaired) electrons. The summed E-state index contributed by atoms with van der Waals surface area (Å²) in [7, 11) is 1.45. The third kappa shape index (κ3) is 9.74. The van der Waals surface area contributed by atoms with Gasteiger partial charge in [-0.3, -0.25) is 19.3 Å². The maximum Gasteiger partial charge on any atom is 0.261 e. The second-order valence-electron chi connectivity index (χ2n) is 17.1. The fourth-order valence-corrected chi connectivity index (χ4v) is 9.69. The highest BCUT2D eigenvalue weighted by molar-refractivity contribution is 6.04. The molecular formula is C48H58N10O5. The molecule has 3 aromatic carbocycles. The molecule has 5 aromatic rings. The molecule has 5 heterocycles. The number of nitrogens with two attached hydrogens (primary N) is 1. The Labute approximate surface area is 368 Å². The maximum atomic E-state index is 13.7. The minimum atomic E-state index is -1.06. The number of nitrogens with one attached hydrogen (secondary N) is 1. The second kappa shape index (κ2) is 19.9. The highest BCUT2D eigenvalue weighted by Gasteiger charge is 2.33. The van der Waals surface area contributed by atoms with E-state index in [0.29, 0.717) is 36.0 Å². The van der Waals surface area contributed by atoms with Gasteiger partial charge in [-0.05, 0) is 125 Å². The molecular weight excluding hydrogens is 797 g/mol. The second-order valence-corrected chi connectivity index (χ2v) is 17.1. The number of amides is 3. The zero-order valence-electron chi connectivity index (χ0n) is 36.3. The highest BCUT2D eigenvalue weighted by Crippen LogP contribution is 2.36. The number of aromatic nitrogens is 4. The van der Waals surface area contributed by atoms with Gasteiger partial charge in [0.1, 0.15) is 41.7 Å². The summed E-state index contributed by atoms with van der Waals surface area (Å²) in [6.07, 6.45) is 9.18. The lowest BCUT2D eigenvalue weighted by Crippen LogP contribution is -2.49. The molecule has 0 spiro atoms. The molecule has 15 nitrogen and oxygen atoms in total. The molecule has 0 aliphatic carbocycles. The van der Waals surface area contributed by atoms with E-state index >= 15 is 0 Å². The van der Waals surface area contributed by atoms with Gasteiger partial charge in [0, 0.05) is 69.0 Å². The number of rotatable bonds is 15. The number of carbonyl (C=O) groups is 4. The lowest BCUT2D eigenvalue weighted by atomic mass is 9.93. The van der Waals surface area contributed by atoms with Gasteiger partial charge in [0.25, 0.3) is 5.91 Å². The molecule has 3 aliphatic heterocycles. The number of likely N-dealkylation sites (N-methyl/N-ethyl adjacent to an activating group) is 1. The van der Waals surface area contributed by atoms with E-state index in [-0.39, 0.29) is 18.9 Å². The Morgan fingerprint density at radius 2 is 1.57 bits per heavy atom. The molecule has 330 valence electrons. The van der Waals surface area contributed by atoms with Crippen LogP contribution in [0.3, 0.4) is 0 Å². The fraction of sp³-hybridized carbons (Fsp3) is 0.438. The lowest BCUT2D eigenvalue weighted by Gasteiger charge is -2.43. The van der Waals surface area contributed by atoms with Crippen LogP contribution in [0.5, 0.6) is 11.5 Å². The fourth-order valence-electron chi connectivity index (χ4n) is 9.69. The number of nitrogens with zero attached hydrogens (tertiary/aromatic N) is 8. The number of hydrogen-bond donors (Lipinski definition) is 2. The number of hydrogen-bond acceptors (Lipinski definition) is 12. The quantitative estimate of drug-likeness (QED) is 0.120. The number of imide groups is 1. The van der Waals surface area contributed by atoms with Crippen LogP contribution in [-0.4, -0.2) is 124 Å². The van der Waals surface area contributed by atoms with Crippen molar-refractivity contribution in [2.75, 3.05) is 63.5 Å². The molecule has 0 bridgehead atoms. The van der Waals surface area contributed by atoms with Gasteiger partial charge >= 0.3 is 0 Å². The van der Waals surface area contributed by atoms with Crippen LogP contribution in [0.4, 0.5) is 11.5 Å². The van der Waals surface area contributed by atoms with Gasteiger partial charge in [-0.15, -0.1) is 0 Å². The number of nitrogen functional groups attached to an aromatic ring is 1. The molecule has 3 saturated heterocycles. The average molecular weight is 855 g/mol. The Balaban J connectivity index is 0.817. The van der Waals surface area contributed by atoms with Crippen molar-refractivity contribution in [1.29, 1.82) is 0 Å². The van der Waals surface area contributed by atoms with Crippen LogP contribution in [0, 0.1) is 12.8 Å². The number of para-hydroxylation sites is 1. The van der Waals surface area contributed by atoms with Crippen LogP contribution in [-0.2, 0) is 14.4 Å². The van der Waals surface area contributed by atoms with E-state index in [1.807, 2.05) is 79.7 Å². The summed E-state index contributed by atoms with van der Waals surface area (Å²) in [5, 5.41) is 8.45. The minimum absolute atomic E-state index is 0.0611. The molecule has 3 aliphatic rings. The first-order chi connectivity index (χ1) is 30.7. The highest BCUT2D eigenvalue weighted by atomic mass is 16.5. The molecule has 15 heteroatoms. The number of piperidine rings is 3. The number of aryl methyl sites for hydroxylation is 1. The van der Waals surface area contributed by atoms with Gasteiger partial charge in [-0.1, -0.05) is 24.3 Å². The van der Waals surface area contributed by atoms with E-state index in [1.54, 1.807) is 0 Å². The van der Waals surface area contributed by atoms with Crippen molar-refractivity contribution in [1.82, 2.24) is 39.8 Å². The van der Waals surface area contributed by atoms with Crippen molar-refractivity contribution >= 4 is 47.0 Å². The van der Waals surface area contributed by atoms with Gasteiger partial charge < -0.3 is 35.3 Å². The summed E-state index contributed by atoms with van der Waals surface area (Å²) >= 11 is 0. The summed E-state index contributed by atoms with van der Waals surface area (Å²) in [5.74, 6) is 1.54. The van der Waals surface area contributed by atoms with Crippen molar-refractivity contribution in [3.05, 3.63) is 90.3 Å². The normalized spacial score (nSPS) is 17.7. The van der Waals surface area contributed by atoms with Crippen molar-refractivity contribution in [3.63, 3.8) is 0 Å². The molecule has 0 saturated carbocycles. The van der Waals surface area contributed by atoms with Gasteiger partial charge in [-0.2, -0.15) is 5.10 Å². The summed E-state index contributed by atoms with van der Waals surface area (Å²) in [6, 6.07) is 23.2. The van der Waals surface area contributed by atoms with E-state index in [2.05, 4.69) is 34.7 Å². The average Bonchev–Trinajstić information content (AvgIpc) is 3.72. The van der Waals surface area contributed by atoms with Gasteiger partial charge in [-0.25, -0.2) is 14.6 Å². The van der Waals surface area contributed by atoms with Crippen LogP contribution in [0.15, 0.2) is 79.1 Å². The van der Waals surface area contributed by atoms with Crippen LogP contribution in [0.25, 0.3) is 22.3 Å². The predicted molar refractivity (Wildman–Crippen MR) is 242 cm³/mol. The number of aldehydes is 1. The monoisotopic (exact) mass is 854 g/mol. The van der Waals surface area contributed by atoms with E-state index in [9.17, 15) is 19.2 Å². The third-order valence-electron chi connectivity index (χ3n) is 13.3. The Kier molecular flexibility index (Phi) is 13.7. The Hall–Kier alpha value is -6.19. The van der Waals surface area contributed by atoms with Crippen molar-refractivity contribution in [2.24, 2.45) is 5.92 Å². The first kappa shape index (κ1) is 43.5. The van der Waals surface area contributed by atoms with Gasteiger partial charge in [0.05, 0.1) is 11.4 Å². The first-order valence-corrected chi connectivity index (χ1v) is 22.3. The number of benzene rings is 3. The van der Waals surface area contributed by atoms with Crippen LogP contribution < -0.4 is 20.7 Å². The largest absolute Gasteiger partial charge is 0.457 e. The van der Waals surface area contributed by atoms with Crippen LogP contribution in [0.2, 0.25) is 0 Å². The SMILES string of the molecule is CNC(=O)C(CCC=O)N(C=O)C(=O)c1cc(N2CCC(CN3CCC(N4CCC(n5nc(-c6ccc(Oc7ccccc7)cc6)c6c(N)ncnc65)CC4)CC3)CC2)ccc1C. The van der Waals surface area contributed by atoms with E-state index in [1.165, 1.54) is 26.2 Å². The van der Waals surface area contributed by atoms with Crippen LogP contribution >= 0.6 is 0 Å². The number of anilines is 2. The van der Waals surface area contributed by atoms with Gasteiger partial charge in [0.2, 0.25) is 12.3 Å². The molecule has 1 atom stereocenters. The zero-order valence-corrected chi connectivity index (χ0v) is 36.3. The summed E-state index contributed by atoms with van der Waals surface area (Å²) in [6.45, 7) is 8.92. The van der Waals surface area contributed by atoms with E-state index in [4.69, 9.17) is 15.6 Å². The molecule has 2 aromatic heterocycles. The molecule has 3 fully saturated rings. The van der Waals surface area contributed by atoms with E-state index in [0.717, 1.165) is 121 Å². The molecule has 3 N–H and O–H groups in total. The van der Waals surface area contributed by atoms with Crippen molar-refractivity contribution < 1.29 is 23.9 Å². The van der Waals surface area contributed by atoms with E-state index < -0.39 is 17.9 Å². The Morgan fingerprint density at radius 3 is 2.25 bits per heavy atom. The van der Waals surface area contributed by atoms with Gasteiger partial charge in [0.15, 0.2) is 5.65 Å². The summed E-state index contributed by atoms with van der Waals surface area (Å²) < 4.78 is 8.11. The standard InChI is InChI=1S/C48H58N10O5/c1-33-10-13-38(29-41(33)48(62)57(32-60)42(9-6-28-59)47(61)50-2)56-24-16-34(17-25-56)30-54-22-18-36(19-23-54)55-26-20-37(21-27-55)58-46-43(45(49)51-31-52-46)44(53-58)35-11-14-40(15-12-35)63-39-7-4-3-5-8-39/h3-5,7-8,10-15,28-29,31-32,34,36-37,42H,6,9,16-27,30H2,1-2H3,(H,50,61)(H2,49,51,52). The smallest absolute Gasteiger partial charge is 0.261 e. The summed E-state index contributed by atoms with van der Waals surface area (Å²) in [5.41, 5.74) is 11.0. The van der Waals surface area contributed by atoms with Crippen molar-refractivity contribution in [2.45, 2.75) is 76.4 Å². The number of likely N-dealkylation sites (tertiary alicyclic amines) is 2. The van der Waals surface area contributed by atoms with Crippen molar-refractivity contribution in [3.8, 4) is 22.8 Å². The predicted octanol–water partition coefficient (Wildman–Crippen LogP) is 5.89. The lowest BCUT2D eigenvalue weighted by molar-refractivity contribution is -0.131. The topological polar surface area (TPSA) is 172 Å². The summed E-state index contributed by atoms with van der Waals surface area (Å²) in [4.78, 5) is 67.0. The molecule has 1 unspecified atom stereocenters. The first-order valence-electron chi connectivity index (χ1n) is 22.3.